The molecule has 27 heavy (non-hydrogen) atoms. The molecule has 2 unspecified atom stereocenters. The molecule has 2 aliphatic rings. The Morgan fingerprint density at radius 3 is 2.74 bits per heavy atom. The summed E-state index contributed by atoms with van der Waals surface area (Å²) in [5.41, 5.74) is 15.0. The molecule has 3 heterocycles. The van der Waals surface area contributed by atoms with Crippen LogP contribution in [0, 0.1) is 12.8 Å². The van der Waals surface area contributed by atoms with E-state index in [9.17, 15) is 0 Å². The maximum absolute atomic E-state index is 5.82. The predicted octanol–water partition coefficient (Wildman–Crippen LogP) is 1.85. The van der Waals surface area contributed by atoms with Crippen molar-refractivity contribution >= 4 is 11.8 Å². The topological polar surface area (TPSA) is 88.3 Å². The number of benzene rings is 1. The summed E-state index contributed by atoms with van der Waals surface area (Å²) in [6, 6.07) is 10.9. The zero-order valence-corrected chi connectivity index (χ0v) is 16.0. The normalized spacial score (nSPS) is 23.6. The van der Waals surface area contributed by atoms with Crippen molar-refractivity contribution in [2.24, 2.45) is 5.92 Å². The van der Waals surface area contributed by atoms with E-state index in [1.807, 2.05) is 19.1 Å². The first-order valence-corrected chi connectivity index (χ1v) is 9.62. The molecule has 1 aromatic carbocycles. The highest BCUT2D eigenvalue weighted by Crippen LogP contribution is 2.34. The minimum atomic E-state index is 0.354. The number of hydrogen-bond acceptors (Lipinski definition) is 7. The number of aromatic nitrogens is 2. The van der Waals surface area contributed by atoms with E-state index < -0.39 is 0 Å². The monoisotopic (exact) mass is 368 g/mol. The zero-order chi connectivity index (χ0) is 18.8. The molecule has 2 atom stereocenters. The van der Waals surface area contributed by atoms with Crippen LogP contribution in [-0.2, 0) is 0 Å². The van der Waals surface area contributed by atoms with E-state index in [1.165, 1.54) is 5.56 Å². The van der Waals surface area contributed by atoms with Gasteiger partial charge in [-0.25, -0.2) is 4.98 Å². The zero-order valence-electron chi connectivity index (χ0n) is 16.0. The summed E-state index contributed by atoms with van der Waals surface area (Å²) in [4.78, 5) is 10.9. The molecule has 2 fully saturated rings. The predicted molar refractivity (Wildman–Crippen MR) is 107 cm³/mol. The molecule has 7 heteroatoms. The van der Waals surface area contributed by atoms with Gasteiger partial charge in [-0.2, -0.15) is 4.98 Å². The average molecular weight is 368 g/mol. The quantitative estimate of drug-likeness (QED) is 0.759. The van der Waals surface area contributed by atoms with E-state index in [0.717, 1.165) is 49.7 Å². The van der Waals surface area contributed by atoms with Crippen LogP contribution in [0.15, 0.2) is 30.3 Å². The van der Waals surface area contributed by atoms with Crippen molar-refractivity contribution in [2.45, 2.75) is 31.7 Å². The van der Waals surface area contributed by atoms with Gasteiger partial charge in [0.2, 0.25) is 5.95 Å². The molecule has 4 rings (SSSR count). The maximum Gasteiger partial charge on any atom is 0.222 e. The second kappa shape index (κ2) is 7.70. The van der Waals surface area contributed by atoms with Gasteiger partial charge >= 0.3 is 0 Å². The highest BCUT2D eigenvalue weighted by molar-refractivity contribution is 5.43. The number of rotatable bonds is 4. The smallest absolute Gasteiger partial charge is 0.222 e. The summed E-state index contributed by atoms with van der Waals surface area (Å²) < 4.78 is 5.41. The van der Waals surface area contributed by atoms with Crippen LogP contribution in [0.5, 0.6) is 5.75 Å². The molecule has 0 spiro atoms. The molecular weight excluding hydrogens is 340 g/mol. The number of anilines is 2. The van der Waals surface area contributed by atoms with Crippen LogP contribution >= 0.6 is 0 Å². The first-order chi connectivity index (χ1) is 13.1. The largest absolute Gasteiger partial charge is 0.497 e. The van der Waals surface area contributed by atoms with Gasteiger partial charge in [0.1, 0.15) is 11.6 Å². The van der Waals surface area contributed by atoms with Crippen LogP contribution in [0.4, 0.5) is 11.8 Å². The molecule has 7 nitrogen and oxygen atoms in total. The first-order valence-electron chi connectivity index (χ1n) is 9.62. The first kappa shape index (κ1) is 18.0. The van der Waals surface area contributed by atoms with Gasteiger partial charge in [0.15, 0.2) is 0 Å². The number of methoxy groups -OCH3 is 1. The summed E-state index contributed by atoms with van der Waals surface area (Å²) in [5.74, 6) is 3.29. The number of nitrogens with one attached hydrogen (secondary N) is 2. The minimum Gasteiger partial charge on any atom is -0.497 e. The molecule has 2 aromatic rings. The molecule has 0 aliphatic carbocycles. The molecule has 0 bridgehead atoms. The van der Waals surface area contributed by atoms with Gasteiger partial charge in [0.25, 0.3) is 0 Å². The van der Waals surface area contributed by atoms with Gasteiger partial charge < -0.3 is 15.4 Å². The van der Waals surface area contributed by atoms with Gasteiger partial charge in [-0.3, -0.25) is 10.9 Å². The Balaban J connectivity index is 1.44. The van der Waals surface area contributed by atoms with Crippen LogP contribution in [0.3, 0.4) is 0 Å². The third kappa shape index (κ3) is 3.84. The number of nitrogen functional groups attached to an aromatic ring is 1. The van der Waals surface area contributed by atoms with E-state index in [-0.39, 0.29) is 0 Å². The van der Waals surface area contributed by atoms with Crippen LogP contribution in [-0.4, -0.2) is 42.8 Å². The second-order valence-electron chi connectivity index (χ2n) is 7.48. The van der Waals surface area contributed by atoms with E-state index in [2.05, 4.69) is 43.9 Å². The van der Waals surface area contributed by atoms with Gasteiger partial charge in [-0.1, -0.05) is 12.1 Å². The van der Waals surface area contributed by atoms with E-state index in [4.69, 9.17) is 10.5 Å². The van der Waals surface area contributed by atoms with E-state index in [1.54, 1.807) is 7.11 Å². The molecule has 0 radical (unpaired) electrons. The third-order valence-corrected chi connectivity index (χ3v) is 5.78. The summed E-state index contributed by atoms with van der Waals surface area (Å²) in [6.45, 7) is 4.88. The van der Waals surface area contributed by atoms with Gasteiger partial charge in [0.05, 0.1) is 7.11 Å². The molecule has 2 saturated heterocycles. The lowest BCUT2D eigenvalue weighted by Gasteiger charge is -2.37. The Kier molecular flexibility index (Phi) is 5.13. The Morgan fingerprint density at radius 2 is 2.00 bits per heavy atom. The highest BCUT2D eigenvalue weighted by atomic mass is 16.5. The van der Waals surface area contributed by atoms with Crippen molar-refractivity contribution in [3.63, 3.8) is 0 Å². The average Bonchev–Trinajstić information content (AvgIpc) is 3.17. The number of ether oxygens (including phenoxy) is 1. The summed E-state index contributed by atoms with van der Waals surface area (Å²) in [5, 5.41) is 0. The highest BCUT2D eigenvalue weighted by Gasteiger charge is 2.36. The Bertz CT molecular complexity index is 770. The van der Waals surface area contributed by atoms with Crippen LogP contribution in [0.25, 0.3) is 0 Å². The Labute approximate surface area is 160 Å². The fourth-order valence-electron chi connectivity index (χ4n) is 4.38. The summed E-state index contributed by atoms with van der Waals surface area (Å²) >= 11 is 0. The van der Waals surface area contributed by atoms with Crippen molar-refractivity contribution in [3.05, 3.63) is 41.6 Å². The van der Waals surface area contributed by atoms with Gasteiger partial charge in [-0.15, -0.1) is 0 Å². The number of piperidine rings is 1. The Hall–Kier alpha value is -2.38. The molecule has 1 aromatic heterocycles. The van der Waals surface area contributed by atoms with E-state index in [0.29, 0.717) is 23.8 Å². The fourth-order valence-corrected chi connectivity index (χ4v) is 4.38. The van der Waals surface area contributed by atoms with Crippen molar-refractivity contribution in [2.75, 3.05) is 37.4 Å². The molecule has 2 aliphatic heterocycles. The third-order valence-electron chi connectivity index (χ3n) is 5.78. The molecule has 144 valence electrons. The number of hydrazine groups is 1. The second-order valence-corrected chi connectivity index (χ2v) is 7.48. The molecular formula is C20H28N6O. The number of nitrogens with zero attached hydrogens (tertiary/aromatic N) is 3. The van der Waals surface area contributed by atoms with Crippen molar-refractivity contribution < 1.29 is 4.74 Å². The summed E-state index contributed by atoms with van der Waals surface area (Å²) in [6.07, 6.45) is 2.26. The number of nitrogens with two attached hydrogens (primary N) is 1. The van der Waals surface area contributed by atoms with Crippen LogP contribution in [0.2, 0.25) is 0 Å². The van der Waals surface area contributed by atoms with E-state index >= 15 is 0 Å². The minimum absolute atomic E-state index is 0.354. The van der Waals surface area contributed by atoms with Crippen LogP contribution in [0.1, 0.15) is 30.0 Å². The molecule has 4 N–H and O–H groups in total. The number of hydrogen-bond donors (Lipinski definition) is 3. The van der Waals surface area contributed by atoms with Gasteiger partial charge in [-0.05, 0) is 43.4 Å². The lowest BCUT2D eigenvalue weighted by Crippen LogP contribution is -2.44. The molecule has 0 saturated carbocycles. The summed E-state index contributed by atoms with van der Waals surface area (Å²) in [7, 11) is 1.72. The standard InChI is InChI=1S/C20H28N6O/c1-13-10-18(24-20(21)23-13)26-8-6-14(7-9-26)19-17(12-22-25-19)15-4-3-5-16(11-15)27-2/h3-5,10-11,14,17,19,22,25H,6-9,12H2,1-2H3,(H2,21,23,24). The SMILES string of the molecule is COc1cccc(C2CNNC2C2CCN(c3cc(C)nc(N)n3)CC2)c1. The van der Waals surface area contributed by atoms with Crippen molar-refractivity contribution in [1.29, 1.82) is 0 Å². The Morgan fingerprint density at radius 1 is 1.19 bits per heavy atom. The van der Waals surface area contributed by atoms with Crippen LogP contribution < -0.4 is 26.2 Å². The maximum atomic E-state index is 5.82. The lowest BCUT2D eigenvalue weighted by molar-refractivity contribution is 0.295. The fraction of sp³-hybridized carbons (Fsp3) is 0.500. The van der Waals surface area contributed by atoms with Gasteiger partial charge in [0, 0.05) is 43.4 Å². The number of aryl methyl sites for hydroxylation is 1. The van der Waals surface area contributed by atoms with Crippen molar-refractivity contribution in [3.8, 4) is 5.75 Å². The van der Waals surface area contributed by atoms with Crippen molar-refractivity contribution in [1.82, 2.24) is 20.8 Å². The molecule has 0 amide bonds. The lowest BCUT2D eigenvalue weighted by atomic mass is 9.80.